The van der Waals surface area contributed by atoms with Gasteiger partial charge in [0.05, 0.1) is 7.11 Å². The molecule has 0 saturated carbocycles. The molecule has 0 spiro atoms. The van der Waals surface area contributed by atoms with Crippen LogP contribution in [0.15, 0.2) is 0 Å². The van der Waals surface area contributed by atoms with E-state index in [-0.39, 0.29) is 12.0 Å². The van der Waals surface area contributed by atoms with Crippen LogP contribution in [0, 0.1) is 5.92 Å². The van der Waals surface area contributed by atoms with Crippen molar-refractivity contribution >= 4 is 16.2 Å². The van der Waals surface area contributed by atoms with Gasteiger partial charge in [0.25, 0.3) is 10.2 Å². The summed E-state index contributed by atoms with van der Waals surface area (Å²) in [5.74, 6) is -0.395. The number of rotatable bonds is 7. The third-order valence-electron chi connectivity index (χ3n) is 1.88. The molecule has 0 rings (SSSR count). The number of hydrogen-bond donors (Lipinski definition) is 2. The zero-order chi connectivity index (χ0) is 13.6. The molecule has 7 heteroatoms. The van der Waals surface area contributed by atoms with E-state index in [1.807, 2.05) is 13.8 Å². The van der Waals surface area contributed by atoms with Gasteiger partial charge in [-0.3, -0.25) is 4.79 Å². The van der Waals surface area contributed by atoms with Crippen LogP contribution in [-0.4, -0.2) is 33.6 Å². The summed E-state index contributed by atoms with van der Waals surface area (Å²) in [5.41, 5.74) is 0. The van der Waals surface area contributed by atoms with Gasteiger partial charge >= 0.3 is 5.97 Å². The van der Waals surface area contributed by atoms with Crippen molar-refractivity contribution < 1.29 is 17.9 Å². The van der Waals surface area contributed by atoms with Gasteiger partial charge in [-0.2, -0.15) is 17.9 Å². The Morgan fingerprint density at radius 1 is 1.18 bits per heavy atom. The van der Waals surface area contributed by atoms with E-state index < -0.39 is 22.2 Å². The Kier molecular flexibility index (Phi) is 6.66. The molecule has 1 unspecified atom stereocenters. The van der Waals surface area contributed by atoms with Gasteiger partial charge in [-0.1, -0.05) is 13.8 Å². The van der Waals surface area contributed by atoms with Crippen LogP contribution in [-0.2, 0) is 19.7 Å². The van der Waals surface area contributed by atoms with Crippen molar-refractivity contribution in [2.45, 2.75) is 46.2 Å². The summed E-state index contributed by atoms with van der Waals surface area (Å²) in [4.78, 5) is 11.4. The summed E-state index contributed by atoms with van der Waals surface area (Å²) < 4.78 is 32.5. The summed E-state index contributed by atoms with van der Waals surface area (Å²) in [7, 11) is -2.45. The highest BCUT2D eigenvalue weighted by Gasteiger charge is 2.26. The van der Waals surface area contributed by atoms with E-state index in [1.165, 1.54) is 7.11 Å². The standard InChI is InChI=1S/C10H22N2O4S/c1-7(2)6-9(10(13)16-5)12-17(14,15)11-8(3)4/h7-9,11-12H,6H2,1-5H3. The van der Waals surface area contributed by atoms with E-state index in [0.717, 1.165) is 0 Å². The summed E-state index contributed by atoms with van der Waals surface area (Å²) in [6, 6.07) is -1.08. The number of carbonyl (C=O) groups is 1. The van der Waals surface area contributed by atoms with Crippen molar-refractivity contribution in [3.05, 3.63) is 0 Å². The van der Waals surface area contributed by atoms with Crippen LogP contribution in [0.4, 0.5) is 0 Å². The van der Waals surface area contributed by atoms with E-state index in [1.54, 1.807) is 13.8 Å². The normalized spacial score (nSPS) is 14.1. The van der Waals surface area contributed by atoms with Crippen LogP contribution < -0.4 is 9.44 Å². The minimum absolute atomic E-state index is 0.181. The third kappa shape index (κ3) is 7.30. The zero-order valence-electron chi connectivity index (χ0n) is 11.0. The summed E-state index contributed by atoms with van der Waals surface area (Å²) in [6.45, 7) is 7.21. The molecule has 0 radical (unpaired) electrons. The molecule has 0 aliphatic heterocycles. The highest BCUT2D eigenvalue weighted by molar-refractivity contribution is 7.87. The molecule has 0 aromatic carbocycles. The van der Waals surface area contributed by atoms with Gasteiger partial charge in [-0.15, -0.1) is 0 Å². The first-order chi connectivity index (χ1) is 7.68. The average molecular weight is 266 g/mol. The minimum atomic E-state index is -3.68. The molecule has 0 aliphatic rings. The first kappa shape index (κ1) is 16.3. The highest BCUT2D eigenvalue weighted by Crippen LogP contribution is 2.07. The number of nitrogens with one attached hydrogen (secondary N) is 2. The van der Waals surface area contributed by atoms with Crippen LogP contribution in [0.2, 0.25) is 0 Å². The maximum atomic E-state index is 11.6. The fraction of sp³-hybridized carbons (Fsp3) is 0.900. The van der Waals surface area contributed by atoms with E-state index in [2.05, 4.69) is 14.2 Å². The highest BCUT2D eigenvalue weighted by atomic mass is 32.2. The largest absolute Gasteiger partial charge is 0.468 e. The van der Waals surface area contributed by atoms with Crippen LogP contribution in [0.25, 0.3) is 0 Å². The number of methoxy groups -OCH3 is 1. The number of ether oxygens (including phenoxy) is 1. The fourth-order valence-electron chi connectivity index (χ4n) is 1.34. The molecule has 1 atom stereocenters. The molecule has 0 bridgehead atoms. The van der Waals surface area contributed by atoms with Crippen molar-refractivity contribution in [1.82, 2.24) is 9.44 Å². The number of carbonyl (C=O) groups excluding carboxylic acids is 1. The van der Waals surface area contributed by atoms with Gasteiger partial charge in [0.2, 0.25) is 0 Å². The van der Waals surface area contributed by atoms with Crippen molar-refractivity contribution in [2.75, 3.05) is 7.11 Å². The third-order valence-corrected chi connectivity index (χ3v) is 3.26. The van der Waals surface area contributed by atoms with Crippen molar-refractivity contribution in [3.63, 3.8) is 0 Å². The maximum absolute atomic E-state index is 11.6. The van der Waals surface area contributed by atoms with E-state index in [4.69, 9.17) is 0 Å². The second kappa shape index (κ2) is 6.93. The molecule has 0 aliphatic carbocycles. The molecule has 0 heterocycles. The SMILES string of the molecule is COC(=O)C(CC(C)C)NS(=O)(=O)NC(C)C. The predicted octanol–water partition coefficient (Wildman–Crippen LogP) is 0.407. The molecule has 102 valence electrons. The second-order valence-electron chi connectivity index (χ2n) is 4.60. The molecule has 0 aromatic heterocycles. The van der Waals surface area contributed by atoms with Gasteiger partial charge < -0.3 is 4.74 Å². The molecular formula is C10H22N2O4S. The van der Waals surface area contributed by atoms with E-state index in [9.17, 15) is 13.2 Å². The molecular weight excluding hydrogens is 244 g/mol. The summed E-state index contributed by atoms with van der Waals surface area (Å²) >= 11 is 0. The Morgan fingerprint density at radius 3 is 2.06 bits per heavy atom. The van der Waals surface area contributed by atoms with Crippen molar-refractivity contribution in [3.8, 4) is 0 Å². The predicted molar refractivity (Wildman–Crippen MR) is 65.6 cm³/mol. The summed E-state index contributed by atoms with van der Waals surface area (Å²) in [5, 5.41) is 0. The minimum Gasteiger partial charge on any atom is -0.468 e. The topological polar surface area (TPSA) is 84.5 Å². The smallest absolute Gasteiger partial charge is 0.323 e. The molecule has 0 aromatic rings. The molecule has 0 saturated heterocycles. The second-order valence-corrected chi connectivity index (χ2v) is 6.08. The quantitative estimate of drug-likeness (QED) is 0.654. The van der Waals surface area contributed by atoms with Crippen LogP contribution in [0.5, 0.6) is 0 Å². The van der Waals surface area contributed by atoms with Crippen molar-refractivity contribution in [1.29, 1.82) is 0 Å². The Bertz CT molecular complexity index is 338. The Balaban J connectivity index is 4.68. The van der Waals surface area contributed by atoms with Crippen LogP contribution in [0.1, 0.15) is 34.1 Å². The van der Waals surface area contributed by atoms with Gasteiger partial charge in [0, 0.05) is 6.04 Å². The maximum Gasteiger partial charge on any atom is 0.323 e. The van der Waals surface area contributed by atoms with Crippen molar-refractivity contribution in [2.24, 2.45) is 5.92 Å². The van der Waals surface area contributed by atoms with Crippen LogP contribution in [0.3, 0.4) is 0 Å². The van der Waals surface area contributed by atoms with Crippen LogP contribution >= 0.6 is 0 Å². The Labute approximate surface area is 103 Å². The lowest BCUT2D eigenvalue weighted by Crippen LogP contribution is -2.49. The monoisotopic (exact) mass is 266 g/mol. The van der Waals surface area contributed by atoms with Gasteiger partial charge in [0.1, 0.15) is 6.04 Å². The lowest BCUT2D eigenvalue weighted by atomic mass is 10.1. The zero-order valence-corrected chi connectivity index (χ0v) is 11.8. The Hall–Kier alpha value is -0.660. The molecule has 2 N–H and O–H groups in total. The average Bonchev–Trinajstić information content (AvgIpc) is 2.12. The molecule has 0 fully saturated rings. The molecule has 0 amide bonds. The number of esters is 1. The van der Waals surface area contributed by atoms with Gasteiger partial charge in [-0.25, -0.2) is 0 Å². The van der Waals surface area contributed by atoms with E-state index >= 15 is 0 Å². The van der Waals surface area contributed by atoms with Gasteiger partial charge in [-0.05, 0) is 26.2 Å². The molecule has 6 nitrogen and oxygen atoms in total. The first-order valence-electron chi connectivity index (χ1n) is 5.55. The number of hydrogen-bond acceptors (Lipinski definition) is 4. The Morgan fingerprint density at radius 2 is 1.71 bits per heavy atom. The molecule has 17 heavy (non-hydrogen) atoms. The van der Waals surface area contributed by atoms with Gasteiger partial charge in [0.15, 0.2) is 0 Å². The summed E-state index contributed by atoms with van der Waals surface area (Å²) in [6.07, 6.45) is 0.395. The van der Waals surface area contributed by atoms with E-state index in [0.29, 0.717) is 6.42 Å². The lowest BCUT2D eigenvalue weighted by Gasteiger charge is -2.19. The first-order valence-corrected chi connectivity index (χ1v) is 7.03. The fourth-order valence-corrected chi connectivity index (χ4v) is 2.59. The lowest BCUT2D eigenvalue weighted by molar-refractivity contribution is -0.143.